The Labute approximate surface area is 106 Å². The van der Waals surface area contributed by atoms with Crippen LogP contribution in [0.5, 0.6) is 0 Å². The van der Waals surface area contributed by atoms with Gasteiger partial charge >= 0.3 is 5.97 Å². The lowest BCUT2D eigenvalue weighted by molar-refractivity contribution is -0.114. The number of carbonyl (C=O) groups excluding carboxylic acids is 1. The molecule has 0 saturated heterocycles. The maximum Gasteiger partial charge on any atom is 0.337 e. The molecule has 0 aliphatic heterocycles. The lowest BCUT2D eigenvalue weighted by atomic mass is 10.1. The van der Waals surface area contributed by atoms with Crippen LogP contribution in [-0.4, -0.2) is 30.2 Å². The molecule has 2 N–H and O–H groups in total. The Balaban J connectivity index is 2.90. The third-order valence-corrected chi connectivity index (χ3v) is 2.36. The van der Waals surface area contributed by atoms with Crippen molar-refractivity contribution in [2.75, 3.05) is 18.5 Å². The number of nitrogens with one attached hydrogen (secondary N) is 1. The second kappa shape index (κ2) is 6.76. The van der Waals surface area contributed by atoms with E-state index in [4.69, 9.17) is 9.84 Å². The SMILES string of the molecule is CCOCCc1ccc(C(=O)O)c(NC(C)=O)c1. The number of rotatable bonds is 6. The zero-order valence-corrected chi connectivity index (χ0v) is 10.5. The van der Waals surface area contributed by atoms with Gasteiger partial charge < -0.3 is 15.2 Å². The van der Waals surface area contributed by atoms with Crippen molar-refractivity contribution >= 4 is 17.6 Å². The van der Waals surface area contributed by atoms with E-state index in [2.05, 4.69) is 5.32 Å². The van der Waals surface area contributed by atoms with Crippen molar-refractivity contribution in [2.24, 2.45) is 0 Å². The van der Waals surface area contributed by atoms with E-state index in [1.54, 1.807) is 12.1 Å². The molecule has 1 rings (SSSR count). The molecule has 0 spiro atoms. The molecule has 1 aromatic carbocycles. The van der Waals surface area contributed by atoms with Gasteiger partial charge in [-0.05, 0) is 31.0 Å². The number of hydrogen-bond acceptors (Lipinski definition) is 3. The first-order valence-electron chi connectivity index (χ1n) is 5.76. The van der Waals surface area contributed by atoms with Gasteiger partial charge in [0.05, 0.1) is 17.9 Å². The largest absolute Gasteiger partial charge is 0.478 e. The molecule has 0 radical (unpaired) electrons. The van der Waals surface area contributed by atoms with Crippen LogP contribution in [0.1, 0.15) is 29.8 Å². The van der Waals surface area contributed by atoms with Crippen LogP contribution in [0.25, 0.3) is 0 Å². The van der Waals surface area contributed by atoms with Gasteiger partial charge in [-0.25, -0.2) is 4.79 Å². The summed E-state index contributed by atoms with van der Waals surface area (Å²) in [6, 6.07) is 4.90. The molecule has 1 amide bonds. The van der Waals surface area contributed by atoms with E-state index in [0.29, 0.717) is 25.3 Å². The molecule has 0 aliphatic rings. The Morgan fingerprint density at radius 2 is 2.11 bits per heavy atom. The topological polar surface area (TPSA) is 75.6 Å². The number of amides is 1. The number of carbonyl (C=O) groups is 2. The third-order valence-electron chi connectivity index (χ3n) is 2.36. The number of anilines is 1. The summed E-state index contributed by atoms with van der Waals surface area (Å²) in [5.41, 5.74) is 1.34. The number of carboxylic acid groups (broad SMARTS) is 1. The molecule has 1 aromatic rings. The van der Waals surface area contributed by atoms with Gasteiger partial charge in [0.1, 0.15) is 0 Å². The van der Waals surface area contributed by atoms with Crippen LogP contribution in [0.2, 0.25) is 0 Å². The minimum atomic E-state index is -1.06. The maximum absolute atomic E-state index is 11.0. The first kappa shape index (κ1) is 14.2. The summed E-state index contributed by atoms with van der Waals surface area (Å²) in [6.07, 6.45) is 0.681. The highest BCUT2D eigenvalue weighted by Gasteiger charge is 2.11. The fourth-order valence-electron chi connectivity index (χ4n) is 1.56. The monoisotopic (exact) mass is 251 g/mol. The van der Waals surface area contributed by atoms with Crippen molar-refractivity contribution in [3.63, 3.8) is 0 Å². The number of hydrogen-bond donors (Lipinski definition) is 2. The first-order valence-corrected chi connectivity index (χ1v) is 5.76. The summed E-state index contributed by atoms with van der Waals surface area (Å²) in [5.74, 6) is -1.35. The predicted octanol–water partition coefficient (Wildman–Crippen LogP) is 1.92. The lowest BCUT2D eigenvalue weighted by Crippen LogP contribution is -2.11. The van der Waals surface area contributed by atoms with E-state index >= 15 is 0 Å². The highest BCUT2D eigenvalue weighted by molar-refractivity contribution is 5.99. The van der Waals surface area contributed by atoms with Gasteiger partial charge in [-0.1, -0.05) is 6.07 Å². The van der Waals surface area contributed by atoms with Gasteiger partial charge in [0.15, 0.2) is 0 Å². The van der Waals surface area contributed by atoms with Crippen molar-refractivity contribution in [1.82, 2.24) is 0 Å². The summed E-state index contributed by atoms with van der Waals surface area (Å²) < 4.78 is 5.23. The summed E-state index contributed by atoms with van der Waals surface area (Å²) in [5, 5.41) is 11.5. The zero-order chi connectivity index (χ0) is 13.5. The number of benzene rings is 1. The van der Waals surface area contributed by atoms with Crippen LogP contribution in [0.15, 0.2) is 18.2 Å². The van der Waals surface area contributed by atoms with Crippen molar-refractivity contribution in [3.05, 3.63) is 29.3 Å². The molecule has 0 atom stereocenters. The van der Waals surface area contributed by atoms with Crippen molar-refractivity contribution in [3.8, 4) is 0 Å². The van der Waals surface area contributed by atoms with Crippen LogP contribution in [-0.2, 0) is 16.0 Å². The Morgan fingerprint density at radius 3 is 2.67 bits per heavy atom. The van der Waals surface area contributed by atoms with Gasteiger partial charge in [-0.3, -0.25) is 4.79 Å². The fourth-order valence-corrected chi connectivity index (χ4v) is 1.56. The molecule has 0 aliphatic carbocycles. The zero-order valence-electron chi connectivity index (χ0n) is 10.5. The van der Waals surface area contributed by atoms with E-state index in [-0.39, 0.29) is 11.5 Å². The summed E-state index contributed by atoms with van der Waals surface area (Å²) in [4.78, 5) is 22.0. The quantitative estimate of drug-likeness (QED) is 0.757. The molecule has 5 nitrogen and oxygen atoms in total. The summed E-state index contributed by atoms with van der Waals surface area (Å²) in [7, 11) is 0. The highest BCUT2D eigenvalue weighted by Crippen LogP contribution is 2.18. The standard InChI is InChI=1S/C13H17NO4/c1-3-18-7-6-10-4-5-11(13(16)17)12(8-10)14-9(2)15/h4-5,8H,3,6-7H2,1-2H3,(H,14,15)(H,16,17). The Morgan fingerprint density at radius 1 is 1.39 bits per heavy atom. The average molecular weight is 251 g/mol. The summed E-state index contributed by atoms with van der Waals surface area (Å²) >= 11 is 0. The number of carboxylic acids is 1. The number of ether oxygens (including phenoxy) is 1. The van der Waals surface area contributed by atoms with Crippen molar-refractivity contribution in [1.29, 1.82) is 0 Å². The van der Waals surface area contributed by atoms with Gasteiger partial charge in [0.25, 0.3) is 0 Å². The van der Waals surface area contributed by atoms with E-state index < -0.39 is 5.97 Å². The Hall–Kier alpha value is -1.88. The van der Waals surface area contributed by atoms with E-state index in [9.17, 15) is 9.59 Å². The molecule has 5 heteroatoms. The van der Waals surface area contributed by atoms with E-state index in [1.165, 1.54) is 13.0 Å². The minimum absolute atomic E-state index is 0.0883. The highest BCUT2D eigenvalue weighted by atomic mass is 16.5. The Kier molecular flexibility index (Phi) is 5.32. The van der Waals surface area contributed by atoms with Gasteiger partial charge in [-0.15, -0.1) is 0 Å². The molecule has 18 heavy (non-hydrogen) atoms. The second-order valence-corrected chi connectivity index (χ2v) is 3.81. The smallest absolute Gasteiger partial charge is 0.337 e. The second-order valence-electron chi connectivity index (χ2n) is 3.81. The first-order chi connectivity index (χ1) is 8.54. The van der Waals surface area contributed by atoms with Gasteiger partial charge in [-0.2, -0.15) is 0 Å². The average Bonchev–Trinajstić information content (AvgIpc) is 2.28. The van der Waals surface area contributed by atoms with Crippen LogP contribution in [0.4, 0.5) is 5.69 Å². The molecular formula is C13H17NO4. The van der Waals surface area contributed by atoms with Gasteiger partial charge in [0, 0.05) is 13.5 Å². The molecule has 98 valence electrons. The fraction of sp³-hybridized carbons (Fsp3) is 0.385. The Bertz CT molecular complexity index is 443. The predicted molar refractivity (Wildman–Crippen MR) is 67.9 cm³/mol. The van der Waals surface area contributed by atoms with Gasteiger partial charge in [0.2, 0.25) is 5.91 Å². The molecule has 0 heterocycles. The van der Waals surface area contributed by atoms with Crippen LogP contribution in [0, 0.1) is 0 Å². The molecular weight excluding hydrogens is 234 g/mol. The van der Waals surface area contributed by atoms with E-state index in [1.807, 2.05) is 6.92 Å². The van der Waals surface area contributed by atoms with E-state index in [0.717, 1.165) is 5.56 Å². The number of aromatic carboxylic acids is 1. The molecule has 0 unspecified atom stereocenters. The lowest BCUT2D eigenvalue weighted by Gasteiger charge is -2.09. The van der Waals surface area contributed by atoms with Crippen LogP contribution >= 0.6 is 0 Å². The molecule has 0 fully saturated rings. The minimum Gasteiger partial charge on any atom is -0.478 e. The maximum atomic E-state index is 11.0. The molecule has 0 aromatic heterocycles. The van der Waals surface area contributed by atoms with Crippen LogP contribution in [0.3, 0.4) is 0 Å². The van der Waals surface area contributed by atoms with Crippen molar-refractivity contribution < 1.29 is 19.4 Å². The van der Waals surface area contributed by atoms with Crippen molar-refractivity contribution in [2.45, 2.75) is 20.3 Å². The third kappa shape index (κ3) is 4.18. The normalized spacial score (nSPS) is 10.1. The molecule has 0 bridgehead atoms. The summed E-state index contributed by atoms with van der Waals surface area (Å²) in [6.45, 7) is 4.48. The van der Waals surface area contributed by atoms with Crippen LogP contribution < -0.4 is 5.32 Å². The molecule has 0 saturated carbocycles.